The highest BCUT2D eigenvalue weighted by Crippen LogP contribution is 2.40. The first-order valence-electron chi connectivity index (χ1n) is 10.2. The number of hydrogen-bond acceptors (Lipinski definition) is 1. The number of halogens is 4. The Bertz CT molecular complexity index is 870. The molecule has 0 aliphatic heterocycles. The Morgan fingerprint density at radius 2 is 1.52 bits per heavy atom. The Labute approximate surface area is 169 Å². The summed E-state index contributed by atoms with van der Waals surface area (Å²) in [7, 11) is 0. The van der Waals surface area contributed by atoms with Crippen molar-refractivity contribution in [1.29, 1.82) is 0 Å². The maximum absolute atomic E-state index is 14.8. The number of hydrogen-bond donors (Lipinski definition) is 0. The van der Waals surface area contributed by atoms with Crippen LogP contribution in [0.25, 0.3) is 11.1 Å². The fourth-order valence-electron chi connectivity index (χ4n) is 4.21. The molecule has 0 bridgehead atoms. The highest BCUT2D eigenvalue weighted by atomic mass is 19.2. The summed E-state index contributed by atoms with van der Waals surface area (Å²) in [6.45, 7) is 5.55. The molecule has 0 aromatic heterocycles. The molecule has 0 heterocycles. The van der Waals surface area contributed by atoms with Crippen LogP contribution in [0.5, 0.6) is 5.75 Å². The van der Waals surface area contributed by atoms with Crippen LogP contribution in [0.4, 0.5) is 17.6 Å². The summed E-state index contributed by atoms with van der Waals surface area (Å²) in [5, 5.41) is 0. The highest BCUT2D eigenvalue weighted by molar-refractivity contribution is 5.66. The third-order valence-electron chi connectivity index (χ3n) is 5.81. The molecule has 29 heavy (non-hydrogen) atoms. The topological polar surface area (TPSA) is 9.23 Å². The summed E-state index contributed by atoms with van der Waals surface area (Å²) < 4.78 is 63.2. The minimum atomic E-state index is -1.25. The smallest absolute Gasteiger partial charge is 0.201 e. The van der Waals surface area contributed by atoms with Crippen LogP contribution < -0.4 is 4.74 Å². The average Bonchev–Trinajstić information content (AvgIpc) is 2.73. The second-order valence-corrected chi connectivity index (χ2v) is 7.59. The monoisotopic (exact) mass is 406 g/mol. The van der Waals surface area contributed by atoms with Gasteiger partial charge in [-0.25, -0.2) is 13.2 Å². The van der Waals surface area contributed by atoms with Crippen molar-refractivity contribution in [2.75, 3.05) is 6.61 Å². The second kappa shape index (κ2) is 9.47. The molecule has 0 radical (unpaired) electrons. The van der Waals surface area contributed by atoms with Crippen LogP contribution in [0, 0.1) is 29.2 Å². The summed E-state index contributed by atoms with van der Waals surface area (Å²) in [4.78, 5) is 0. The van der Waals surface area contributed by atoms with Crippen LogP contribution in [0.3, 0.4) is 0 Å². The molecule has 156 valence electrons. The number of allylic oxidation sites excluding steroid dienone is 1. The van der Waals surface area contributed by atoms with Gasteiger partial charge < -0.3 is 4.74 Å². The van der Waals surface area contributed by atoms with E-state index in [1.54, 1.807) is 6.92 Å². The van der Waals surface area contributed by atoms with E-state index >= 15 is 0 Å². The molecule has 1 nitrogen and oxygen atoms in total. The molecule has 0 amide bonds. The summed E-state index contributed by atoms with van der Waals surface area (Å²) in [5.74, 6) is -4.27. The lowest BCUT2D eigenvalue weighted by Gasteiger charge is -2.29. The summed E-state index contributed by atoms with van der Waals surface area (Å²) >= 11 is 0. The van der Waals surface area contributed by atoms with E-state index < -0.39 is 23.3 Å². The van der Waals surface area contributed by atoms with E-state index in [4.69, 9.17) is 4.74 Å². The summed E-state index contributed by atoms with van der Waals surface area (Å²) in [5.41, 5.74) is -0.285. The Hall–Kier alpha value is -2.30. The molecule has 5 heteroatoms. The quantitative estimate of drug-likeness (QED) is 0.341. The van der Waals surface area contributed by atoms with E-state index in [2.05, 4.69) is 6.58 Å². The van der Waals surface area contributed by atoms with E-state index in [1.165, 1.54) is 24.3 Å². The van der Waals surface area contributed by atoms with E-state index in [1.807, 2.05) is 6.08 Å². The van der Waals surface area contributed by atoms with Gasteiger partial charge >= 0.3 is 0 Å². The molecule has 0 N–H and O–H groups in total. The first-order chi connectivity index (χ1) is 14.0. The number of benzene rings is 2. The zero-order chi connectivity index (χ0) is 21.0. The molecule has 1 aliphatic rings. The van der Waals surface area contributed by atoms with Gasteiger partial charge in [-0.05, 0) is 75.0 Å². The molecule has 0 spiro atoms. The minimum Gasteiger partial charge on any atom is -0.491 e. The number of ether oxygens (including phenoxy) is 1. The third-order valence-corrected chi connectivity index (χ3v) is 5.81. The molecule has 0 unspecified atom stereocenters. The standard InChI is InChI=1S/C24H26F4O/c1-3-5-6-15-7-9-16(10-8-15)17-11-12-18(22(26)21(17)25)19-13-14-20(29-4-2)24(28)23(19)27/h3,11-16H,1,4-10H2,2H3. The van der Waals surface area contributed by atoms with Gasteiger partial charge in [-0.3, -0.25) is 0 Å². The Morgan fingerprint density at radius 1 is 0.897 bits per heavy atom. The van der Waals surface area contributed by atoms with Crippen molar-refractivity contribution in [2.24, 2.45) is 5.92 Å². The van der Waals surface area contributed by atoms with Gasteiger partial charge in [0.2, 0.25) is 5.82 Å². The van der Waals surface area contributed by atoms with Crippen LogP contribution in [0.15, 0.2) is 36.9 Å². The SMILES string of the molecule is C=CCCC1CCC(c2ccc(-c3ccc(OCC)c(F)c3F)c(F)c2F)CC1. The molecular formula is C24H26F4O. The molecular weight excluding hydrogens is 380 g/mol. The molecule has 2 aromatic rings. The first-order valence-corrected chi connectivity index (χ1v) is 10.2. The fraction of sp³-hybridized carbons (Fsp3) is 0.417. The van der Waals surface area contributed by atoms with Crippen molar-refractivity contribution in [3.63, 3.8) is 0 Å². The van der Waals surface area contributed by atoms with Crippen molar-refractivity contribution in [1.82, 2.24) is 0 Å². The van der Waals surface area contributed by atoms with Gasteiger partial charge in [-0.15, -0.1) is 6.58 Å². The molecule has 3 rings (SSSR count). The molecule has 1 fully saturated rings. The Balaban J connectivity index is 1.84. The maximum Gasteiger partial charge on any atom is 0.201 e. The van der Waals surface area contributed by atoms with Gasteiger partial charge in [0.1, 0.15) is 0 Å². The van der Waals surface area contributed by atoms with Crippen LogP contribution in [0.1, 0.15) is 56.9 Å². The van der Waals surface area contributed by atoms with Crippen LogP contribution in [-0.2, 0) is 0 Å². The summed E-state index contributed by atoms with van der Waals surface area (Å²) in [6.07, 6.45) is 7.49. The summed E-state index contributed by atoms with van der Waals surface area (Å²) in [6, 6.07) is 5.30. The number of rotatable bonds is 7. The highest BCUT2D eigenvalue weighted by Gasteiger charge is 2.27. The first kappa shape index (κ1) is 21.4. The van der Waals surface area contributed by atoms with Crippen LogP contribution in [0.2, 0.25) is 0 Å². The second-order valence-electron chi connectivity index (χ2n) is 7.59. The maximum atomic E-state index is 14.8. The lowest BCUT2D eigenvalue weighted by atomic mass is 9.77. The van der Waals surface area contributed by atoms with E-state index in [-0.39, 0.29) is 29.4 Å². The predicted molar refractivity (Wildman–Crippen MR) is 107 cm³/mol. The van der Waals surface area contributed by atoms with E-state index in [0.29, 0.717) is 11.5 Å². The lowest BCUT2D eigenvalue weighted by Crippen LogP contribution is -2.15. The van der Waals surface area contributed by atoms with Crippen molar-refractivity contribution in [2.45, 2.75) is 51.4 Å². The van der Waals surface area contributed by atoms with Crippen molar-refractivity contribution >= 4 is 0 Å². The van der Waals surface area contributed by atoms with Gasteiger partial charge in [0.25, 0.3) is 0 Å². The molecule has 2 aromatic carbocycles. The van der Waals surface area contributed by atoms with Gasteiger partial charge in [0, 0.05) is 11.1 Å². The molecule has 0 atom stereocenters. The average molecular weight is 406 g/mol. The van der Waals surface area contributed by atoms with E-state index in [9.17, 15) is 17.6 Å². The van der Waals surface area contributed by atoms with Crippen LogP contribution >= 0.6 is 0 Å². The Morgan fingerprint density at radius 3 is 2.14 bits per heavy atom. The molecule has 1 aliphatic carbocycles. The normalized spacial score (nSPS) is 19.2. The lowest BCUT2D eigenvalue weighted by molar-refractivity contribution is 0.306. The Kier molecular flexibility index (Phi) is 6.99. The van der Waals surface area contributed by atoms with Crippen molar-refractivity contribution in [3.05, 3.63) is 65.8 Å². The van der Waals surface area contributed by atoms with Gasteiger partial charge in [0.05, 0.1) is 6.61 Å². The zero-order valence-corrected chi connectivity index (χ0v) is 16.6. The zero-order valence-electron chi connectivity index (χ0n) is 16.6. The van der Waals surface area contributed by atoms with E-state index in [0.717, 1.165) is 38.5 Å². The van der Waals surface area contributed by atoms with Gasteiger partial charge in [-0.2, -0.15) is 4.39 Å². The predicted octanol–water partition coefficient (Wildman–Crippen LogP) is 7.55. The largest absolute Gasteiger partial charge is 0.491 e. The van der Waals surface area contributed by atoms with Gasteiger partial charge in [-0.1, -0.05) is 18.2 Å². The van der Waals surface area contributed by atoms with Crippen molar-refractivity contribution in [3.8, 4) is 16.9 Å². The fourth-order valence-corrected chi connectivity index (χ4v) is 4.21. The van der Waals surface area contributed by atoms with Gasteiger partial charge in [0.15, 0.2) is 23.2 Å². The molecule has 0 saturated heterocycles. The minimum absolute atomic E-state index is 0.0551. The third kappa shape index (κ3) is 4.49. The van der Waals surface area contributed by atoms with Crippen LogP contribution in [-0.4, -0.2) is 6.61 Å². The van der Waals surface area contributed by atoms with Crippen molar-refractivity contribution < 1.29 is 22.3 Å². The molecule has 1 saturated carbocycles.